The Hall–Kier alpha value is -0.900. The number of hydrogen-bond acceptors (Lipinski definition) is 3. The van der Waals surface area contributed by atoms with Gasteiger partial charge in [0.15, 0.2) is 0 Å². The predicted molar refractivity (Wildman–Crippen MR) is 83.7 cm³/mol. The minimum absolute atomic E-state index is 0.266. The zero-order valence-electron chi connectivity index (χ0n) is 12.8. The molecule has 1 aromatic rings. The highest BCUT2D eigenvalue weighted by Crippen LogP contribution is 2.20. The monoisotopic (exact) mass is 276 g/mol. The van der Waals surface area contributed by atoms with Crippen molar-refractivity contribution in [2.45, 2.75) is 45.3 Å². The summed E-state index contributed by atoms with van der Waals surface area (Å²) in [4.78, 5) is 5.00. The molecule has 0 saturated carbocycles. The Morgan fingerprint density at radius 2 is 1.85 bits per heavy atom. The van der Waals surface area contributed by atoms with Crippen molar-refractivity contribution in [3.63, 3.8) is 0 Å². The molecule has 1 aromatic carbocycles. The average molecular weight is 276 g/mol. The highest BCUT2D eigenvalue weighted by molar-refractivity contribution is 5.14. The van der Waals surface area contributed by atoms with Gasteiger partial charge < -0.3 is 5.11 Å². The summed E-state index contributed by atoms with van der Waals surface area (Å²) in [7, 11) is 0. The Morgan fingerprint density at radius 1 is 1.20 bits per heavy atom. The van der Waals surface area contributed by atoms with E-state index in [1.54, 1.807) is 0 Å². The number of likely N-dealkylation sites (tertiary alicyclic amines) is 1. The topological polar surface area (TPSA) is 26.7 Å². The van der Waals surface area contributed by atoms with Crippen molar-refractivity contribution in [2.75, 3.05) is 26.2 Å². The quantitative estimate of drug-likeness (QED) is 0.864. The van der Waals surface area contributed by atoms with Gasteiger partial charge in [-0.3, -0.25) is 9.80 Å². The van der Waals surface area contributed by atoms with Crippen LogP contribution in [0.4, 0.5) is 0 Å². The lowest BCUT2D eigenvalue weighted by molar-refractivity contribution is 0.0664. The molecule has 0 aliphatic carbocycles. The molecule has 3 nitrogen and oxygen atoms in total. The molecule has 1 N–H and O–H groups in total. The van der Waals surface area contributed by atoms with Crippen LogP contribution in [0, 0.1) is 0 Å². The van der Waals surface area contributed by atoms with Crippen LogP contribution in [0.25, 0.3) is 0 Å². The molecule has 0 aromatic heterocycles. The van der Waals surface area contributed by atoms with Crippen LogP contribution in [-0.4, -0.2) is 53.2 Å². The lowest BCUT2D eigenvalue weighted by Gasteiger charge is -2.40. The van der Waals surface area contributed by atoms with Gasteiger partial charge in [0, 0.05) is 25.2 Å². The summed E-state index contributed by atoms with van der Waals surface area (Å²) in [5.41, 5.74) is 1.40. The Balaban J connectivity index is 1.82. The number of aliphatic hydroxyl groups is 1. The highest BCUT2D eigenvalue weighted by Gasteiger charge is 2.25. The fourth-order valence-corrected chi connectivity index (χ4v) is 3.23. The Kier molecular flexibility index (Phi) is 6.02. The maximum Gasteiger partial charge on any atom is 0.0558 e. The molecule has 0 atom stereocenters. The van der Waals surface area contributed by atoms with Crippen molar-refractivity contribution in [2.24, 2.45) is 0 Å². The van der Waals surface area contributed by atoms with E-state index in [2.05, 4.69) is 54.0 Å². The van der Waals surface area contributed by atoms with Crippen molar-refractivity contribution in [1.29, 1.82) is 0 Å². The number of piperidine rings is 1. The molecule has 0 bridgehead atoms. The van der Waals surface area contributed by atoms with Crippen molar-refractivity contribution < 1.29 is 5.11 Å². The largest absolute Gasteiger partial charge is 0.395 e. The summed E-state index contributed by atoms with van der Waals surface area (Å²) in [6.07, 6.45) is 2.43. The van der Waals surface area contributed by atoms with Crippen LogP contribution in [-0.2, 0) is 6.54 Å². The van der Waals surface area contributed by atoms with Crippen LogP contribution in [0.3, 0.4) is 0 Å². The zero-order valence-corrected chi connectivity index (χ0v) is 12.8. The fourth-order valence-electron chi connectivity index (χ4n) is 3.23. The average Bonchev–Trinajstić information content (AvgIpc) is 2.47. The Labute approximate surface area is 123 Å². The first-order valence-corrected chi connectivity index (χ1v) is 7.83. The molecule has 20 heavy (non-hydrogen) atoms. The molecule has 1 aliphatic heterocycles. The molecule has 3 heteroatoms. The molecule has 2 rings (SSSR count). The summed E-state index contributed by atoms with van der Waals surface area (Å²) in [5, 5.41) is 9.21. The van der Waals surface area contributed by atoms with E-state index in [1.165, 1.54) is 18.4 Å². The van der Waals surface area contributed by atoms with E-state index in [0.29, 0.717) is 12.1 Å². The standard InChI is InChI=1S/C17H28N2O/c1-15(2)19(12-13-20)17-8-10-18(11-9-17)14-16-6-4-3-5-7-16/h3-7,15,17,20H,8-14H2,1-2H3. The van der Waals surface area contributed by atoms with Gasteiger partial charge in [-0.25, -0.2) is 0 Å². The van der Waals surface area contributed by atoms with Gasteiger partial charge in [-0.1, -0.05) is 30.3 Å². The van der Waals surface area contributed by atoms with Crippen LogP contribution in [0.2, 0.25) is 0 Å². The zero-order chi connectivity index (χ0) is 14.4. The van der Waals surface area contributed by atoms with E-state index in [-0.39, 0.29) is 6.61 Å². The maximum absolute atomic E-state index is 9.21. The molecule has 112 valence electrons. The van der Waals surface area contributed by atoms with Crippen LogP contribution in [0.5, 0.6) is 0 Å². The minimum Gasteiger partial charge on any atom is -0.395 e. The molecule has 1 heterocycles. The van der Waals surface area contributed by atoms with Gasteiger partial charge in [0.2, 0.25) is 0 Å². The smallest absolute Gasteiger partial charge is 0.0558 e. The van der Waals surface area contributed by atoms with Gasteiger partial charge in [-0.15, -0.1) is 0 Å². The van der Waals surface area contributed by atoms with Crippen molar-refractivity contribution >= 4 is 0 Å². The third-order valence-electron chi connectivity index (χ3n) is 4.30. The second-order valence-corrected chi connectivity index (χ2v) is 6.05. The molecule has 0 radical (unpaired) electrons. The molecule has 1 fully saturated rings. The van der Waals surface area contributed by atoms with Crippen molar-refractivity contribution in [3.8, 4) is 0 Å². The summed E-state index contributed by atoms with van der Waals surface area (Å²) < 4.78 is 0. The van der Waals surface area contributed by atoms with Gasteiger partial charge in [0.25, 0.3) is 0 Å². The lowest BCUT2D eigenvalue weighted by Crippen LogP contribution is -2.48. The van der Waals surface area contributed by atoms with Crippen molar-refractivity contribution in [1.82, 2.24) is 9.80 Å². The number of hydrogen-bond donors (Lipinski definition) is 1. The number of nitrogens with zero attached hydrogens (tertiary/aromatic N) is 2. The van der Waals surface area contributed by atoms with Crippen molar-refractivity contribution in [3.05, 3.63) is 35.9 Å². The number of aliphatic hydroxyl groups excluding tert-OH is 1. The first kappa shape index (κ1) is 15.5. The van der Waals surface area contributed by atoms with E-state index in [4.69, 9.17) is 0 Å². The summed E-state index contributed by atoms with van der Waals surface area (Å²) in [5.74, 6) is 0. The number of benzene rings is 1. The summed E-state index contributed by atoms with van der Waals surface area (Å²) in [6, 6.07) is 11.9. The molecular formula is C17H28N2O. The first-order chi connectivity index (χ1) is 9.70. The molecule has 1 aliphatic rings. The second-order valence-electron chi connectivity index (χ2n) is 6.05. The SMILES string of the molecule is CC(C)N(CCO)C1CCN(Cc2ccccc2)CC1. The highest BCUT2D eigenvalue weighted by atomic mass is 16.3. The normalized spacial score (nSPS) is 18.1. The Morgan fingerprint density at radius 3 is 2.40 bits per heavy atom. The van der Waals surface area contributed by atoms with E-state index >= 15 is 0 Å². The maximum atomic E-state index is 9.21. The third kappa shape index (κ3) is 4.30. The van der Waals surface area contributed by atoms with E-state index in [1.807, 2.05) is 0 Å². The Bertz CT molecular complexity index is 372. The van der Waals surface area contributed by atoms with Crippen LogP contribution < -0.4 is 0 Å². The van der Waals surface area contributed by atoms with Gasteiger partial charge in [0.1, 0.15) is 0 Å². The van der Waals surface area contributed by atoms with E-state index in [9.17, 15) is 5.11 Å². The van der Waals surface area contributed by atoms with E-state index in [0.717, 1.165) is 26.2 Å². The van der Waals surface area contributed by atoms with Gasteiger partial charge in [-0.05, 0) is 45.3 Å². The van der Waals surface area contributed by atoms with Crippen LogP contribution in [0.1, 0.15) is 32.3 Å². The van der Waals surface area contributed by atoms with Gasteiger partial charge in [-0.2, -0.15) is 0 Å². The minimum atomic E-state index is 0.266. The van der Waals surface area contributed by atoms with E-state index < -0.39 is 0 Å². The predicted octanol–water partition coefficient (Wildman–Crippen LogP) is 2.35. The summed E-state index contributed by atoms with van der Waals surface area (Å²) >= 11 is 0. The molecule has 1 saturated heterocycles. The lowest BCUT2D eigenvalue weighted by atomic mass is 10.0. The number of rotatable bonds is 6. The molecule has 0 unspecified atom stereocenters. The van der Waals surface area contributed by atoms with Crippen LogP contribution in [0.15, 0.2) is 30.3 Å². The van der Waals surface area contributed by atoms with Gasteiger partial charge >= 0.3 is 0 Å². The fraction of sp³-hybridized carbons (Fsp3) is 0.647. The first-order valence-electron chi connectivity index (χ1n) is 7.83. The molecule has 0 spiro atoms. The third-order valence-corrected chi connectivity index (χ3v) is 4.30. The second kappa shape index (κ2) is 7.77. The summed E-state index contributed by atoms with van der Waals surface area (Å²) in [6.45, 7) is 8.92. The van der Waals surface area contributed by atoms with Gasteiger partial charge in [0.05, 0.1) is 6.61 Å². The molecular weight excluding hydrogens is 248 g/mol. The molecule has 0 amide bonds. The van der Waals surface area contributed by atoms with Crippen LogP contribution >= 0.6 is 0 Å².